The van der Waals surface area contributed by atoms with E-state index in [2.05, 4.69) is 33.0 Å². The molecule has 1 fully saturated rings. The van der Waals surface area contributed by atoms with Crippen molar-refractivity contribution in [3.63, 3.8) is 0 Å². The van der Waals surface area contributed by atoms with E-state index in [4.69, 9.17) is 4.74 Å². The molecule has 1 rings (SSSR count). The molecule has 1 saturated heterocycles. The second-order valence-corrected chi connectivity index (χ2v) is 4.68. The second-order valence-electron chi connectivity index (χ2n) is 4.68. The zero-order valence-corrected chi connectivity index (χ0v) is 8.68. The molecule has 2 heteroatoms. The summed E-state index contributed by atoms with van der Waals surface area (Å²) in [6.07, 6.45) is 1.90. The minimum atomic E-state index is 0.265. The van der Waals surface area contributed by atoms with Gasteiger partial charge in [-0.2, -0.15) is 0 Å². The number of morpholine rings is 1. The van der Waals surface area contributed by atoms with Crippen LogP contribution >= 0.6 is 0 Å². The first kappa shape index (κ1) is 10.0. The lowest BCUT2D eigenvalue weighted by Crippen LogP contribution is -2.49. The van der Waals surface area contributed by atoms with Crippen LogP contribution in [0.15, 0.2) is 0 Å². The van der Waals surface area contributed by atoms with Gasteiger partial charge in [-0.1, -0.05) is 27.7 Å². The van der Waals surface area contributed by atoms with Crippen LogP contribution in [0.2, 0.25) is 0 Å². The van der Waals surface area contributed by atoms with Crippen LogP contribution in [0.25, 0.3) is 0 Å². The van der Waals surface area contributed by atoms with Crippen LogP contribution in [0, 0.1) is 5.41 Å². The fraction of sp³-hybridized carbons (Fsp3) is 1.00. The van der Waals surface area contributed by atoms with E-state index in [9.17, 15) is 0 Å². The molecule has 1 N–H and O–H groups in total. The van der Waals surface area contributed by atoms with Gasteiger partial charge in [0.2, 0.25) is 0 Å². The summed E-state index contributed by atoms with van der Waals surface area (Å²) in [6, 6.07) is 0. The minimum Gasteiger partial charge on any atom is -0.372 e. The third-order valence-electron chi connectivity index (χ3n) is 2.48. The Morgan fingerprint density at radius 2 is 2.00 bits per heavy atom. The van der Waals surface area contributed by atoms with E-state index < -0.39 is 0 Å². The van der Waals surface area contributed by atoms with Crippen molar-refractivity contribution < 1.29 is 4.74 Å². The molecule has 2 nitrogen and oxygen atoms in total. The van der Waals surface area contributed by atoms with E-state index in [0.717, 1.165) is 19.5 Å². The summed E-state index contributed by atoms with van der Waals surface area (Å²) in [5, 5.41) is 3.42. The maximum Gasteiger partial charge on any atom is 0.0752 e. The van der Waals surface area contributed by atoms with E-state index in [1.807, 2.05) is 0 Å². The number of hydrogen-bond acceptors (Lipinski definition) is 2. The maximum absolute atomic E-state index is 5.94. The Morgan fingerprint density at radius 3 is 2.50 bits per heavy atom. The highest BCUT2D eigenvalue weighted by Crippen LogP contribution is 2.25. The van der Waals surface area contributed by atoms with Crippen LogP contribution < -0.4 is 5.32 Å². The van der Waals surface area contributed by atoms with Crippen LogP contribution in [-0.4, -0.2) is 25.3 Å². The zero-order valence-electron chi connectivity index (χ0n) is 8.68. The highest BCUT2D eigenvalue weighted by molar-refractivity contribution is 4.82. The van der Waals surface area contributed by atoms with E-state index in [0.29, 0.717) is 12.2 Å². The molecule has 0 spiro atoms. The molecule has 0 bridgehead atoms. The maximum atomic E-state index is 5.94. The molecule has 0 amide bonds. The molecule has 0 aromatic rings. The van der Waals surface area contributed by atoms with Crippen molar-refractivity contribution in [1.82, 2.24) is 5.32 Å². The van der Waals surface area contributed by atoms with Gasteiger partial charge in [0, 0.05) is 13.1 Å². The number of hydrogen-bond donors (Lipinski definition) is 1. The fourth-order valence-corrected chi connectivity index (χ4v) is 1.45. The highest BCUT2D eigenvalue weighted by Gasteiger charge is 2.30. The van der Waals surface area contributed by atoms with Gasteiger partial charge in [0.15, 0.2) is 0 Å². The van der Waals surface area contributed by atoms with Crippen LogP contribution in [0.5, 0.6) is 0 Å². The van der Waals surface area contributed by atoms with Gasteiger partial charge < -0.3 is 10.1 Å². The van der Waals surface area contributed by atoms with Crippen LogP contribution in [0.1, 0.15) is 34.1 Å². The summed E-state index contributed by atoms with van der Waals surface area (Å²) in [7, 11) is 0. The first-order chi connectivity index (χ1) is 5.54. The Bertz CT molecular complexity index is 139. The molecule has 1 heterocycles. The van der Waals surface area contributed by atoms with Gasteiger partial charge in [-0.15, -0.1) is 0 Å². The summed E-state index contributed by atoms with van der Waals surface area (Å²) in [6.45, 7) is 10.9. The molecule has 1 aliphatic rings. The Morgan fingerprint density at radius 1 is 1.33 bits per heavy atom. The Balaban J connectivity index is 2.46. The first-order valence-electron chi connectivity index (χ1n) is 4.90. The minimum absolute atomic E-state index is 0.265. The summed E-state index contributed by atoms with van der Waals surface area (Å²) >= 11 is 0. The largest absolute Gasteiger partial charge is 0.372 e. The summed E-state index contributed by atoms with van der Waals surface area (Å²) in [4.78, 5) is 0. The fourth-order valence-electron chi connectivity index (χ4n) is 1.45. The molecule has 12 heavy (non-hydrogen) atoms. The third-order valence-corrected chi connectivity index (χ3v) is 2.48. The second kappa shape index (κ2) is 3.75. The molecule has 0 saturated carbocycles. The average molecular weight is 171 g/mol. The van der Waals surface area contributed by atoms with Gasteiger partial charge in [-0.3, -0.25) is 0 Å². The molecule has 0 aliphatic carbocycles. The zero-order chi connectivity index (χ0) is 9.19. The lowest BCUT2D eigenvalue weighted by atomic mass is 9.88. The topological polar surface area (TPSA) is 21.3 Å². The molecule has 0 aromatic carbocycles. The van der Waals surface area contributed by atoms with Crippen molar-refractivity contribution in [2.75, 3.05) is 13.1 Å². The Labute approximate surface area is 75.7 Å². The summed E-state index contributed by atoms with van der Waals surface area (Å²) in [5.74, 6) is 0. The predicted molar refractivity (Wildman–Crippen MR) is 51.3 cm³/mol. The molecule has 0 aromatic heterocycles. The molecule has 2 atom stereocenters. The quantitative estimate of drug-likeness (QED) is 0.649. The van der Waals surface area contributed by atoms with Crippen molar-refractivity contribution in [3.8, 4) is 0 Å². The average Bonchev–Trinajstić information content (AvgIpc) is 2.03. The number of nitrogens with one attached hydrogen (secondary N) is 1. The molecule has 0 radical (unpaired) electrons. The smallest absolute Gasteiger partial charge is 0.0752 e. The van der Waals surface area contributed by atoms with Crippen LogP contribution in [-0.2, 0) is 4.74 Å². The SMILES string of the molecule is CCC1CNCC(C(C)(C)C)O1. The lowest BCUT2D eigenvalue weighted by molar-refractivity contribution is -0.0873. The van der Waals surface area contributed by atoms with Gasteiger partial charge in [0.1, 0.15) is 0 Å². The lowest BCUT2D eigenvalue weighted by Gasteiger charge is -2.38. The van der Waals surface area contributed by atoms with Crippen LogP contribution in [0.3, 0.4) is 0 Å². The van der Waals surface area contributed by atoms with Gasteiger partial charge in [0.05, 0.1) is 12.2 Å². The Kier molecular flexibility index (Phi) is 3.13. The van der Waals surface area contributed by atoms with Gasteiger partial charge in [-0.25, -0.2) is 0 Å². The third kappa shape index (κ3) is 2.46. The van der Waals surface area contributed by atoms with Crippen molar-refractivity contribution in [2.45, 2.75) is 46.3 Å². The van der Waals surface area contributed by atoms with Crippen molar-refractivity contribution in [1.29, 1.82) is 0 Å². The standard InChI is InChI=1S/C10H21NO/c1-5-8-6-11-7-9(12-8)10(2,3)4/h8-9,11H,5-7H2,1-4H3. The monoisotopic (exact) mass is 171 g/mol. The Hall–Kier alpha value is -0.0800. The van der Waals surface area contributed by atoms with Crippen molar-refractivity contribution in [2.24, 2.45) is 5.41 Å². The van der Waals surface area contributed by atoms with Gasteiger partial charge >= 0.3 is 0 Å². The highest BCUT2D eigenvalue weighted by atomic mass is 16.5. The van der Waals surface area contributed by atoms with E-state index >= 15 is 0 Å². The molecule has 1 aliphatic heterocycles. The summed E-state index contributed by atoms with van der Waals surface area (Å²) < 4.78 is 5.94. The van der Waals surface area contributed by atoms with Gasteiger partial charge in [0.25, 0.3) is 0 Å². The van der Waals surface area contributed by atoms with Crippen molar-refractivity contribution >= 4 is 0 Å². The van der Waals surface area contributed by atoms with Crippen molar-refractivity contribution in [3.05, 3.63) is 0 Å². The normalized spacial score (nSPS) is 32.0. The molecule has 72 valence electrons. The number of ether oxygens (including phenoxy) is 1. The molecular formula is C10H21NO. The number of rotatable bonds is 1. The van der Waals surface area contributed by atoms with E-state index in [-0.39, 0.29) is 5.41 Å². The van der Waals surface area contributed by atoms with E-state index in [1.54, 1.807) is 0 Å². The molecule has 2 unspecified atom stereocenters. The van der Waals surface area contributed by atoms with E-state index in [1.165, 1.54) is 0 Å². The molecular weight excluding hydrogens is 150 g/mol. The predicted octanol–water partition coefficient (Wildman–Crippen LogP) is 1.80. The first-order valence-corrected chi connectivity index (χ1v) is 4.90. The van der Waals surface area contributed by atoms with Crippen LogP contribution in [0.4, 0.5) is 0 Å². The summed E-state index contributed by atoms with van der Waals surface area (Å²) in [5.41, 5.74) is 0.265. The van der Waals surface area contributed by atoms with Gasteiger partial charge in [-0.05, 0) is 11.8 Å².